The van der Waals surface area contributed by atoms with E-state index in [9.17, 15) is 17.7 Å². The predicted molar refractivity (Wildman–Crippen MR) is 57.1 cm³/mol. The van der Waals surface area contributed by atoms with Crippen LogP contribution in [-0.2, 0) is 0 Å². The molecule has 0 radical (unpaired) electrons. The van der Waals surface area contributed by atoms with Crippen LogP contribution in [0, 0.1) is 47.0 Å². The van der Waals surface area contributed by atoms with Crippen LogP contribution in [0.25, 0.3) is 0 Å². The number of hydrogen-bond donors (Lipinski definition) is 1. The highest BCUT2D eigenvalue weighted by atomic mass is 19.2. The van der Waals surface area contributed by atoms with Crippen LogP contribution in [0.2, 0.25) is 0 Å². The van der Waals surface area contributed by atoms with Gasteiger partial charge in [0.05, 0.1) is 0 Å². The molecule has 1 aromatic carbocycles. The van der Waals surface area contributed by atoms with Crippen LogP contribution in [0.15, 0.2) is 17.8 Å². The molecule has 98 valence electrons. The van der Waals surface area contributed by atoms with Crippen molar-refractivity contribution in [3.63, 3.8) is 0 Å². The Morgan fingerprint density at radius 1 is 1.26 bits per heavy atom. The highest BCUT2D eigenvalue weighted by Crippen LogP contribution is 2.25. The molecule has 0 fully saturated rings. The van der Waals surface area contributed by atoms with Crippen molar-refractivity contribution < 1.29 is 17.7 Å². The number of allylic oxidation sites excluding steroid dienone is 1. The summed E-state index contributed by atoms with van der Waals surface area (Å²) >= 11 is 0. The molecule has 0 saturated heterocycles. The third kappa shape index (κ3) is 2.93. The van der Waals surface area contributed by atoms with Gasteiger partial charge in [-0.15, -0.1) is 5.23 Å². The van der Waals surface area contributed by atoms with E-state index in [1.807, 2.05) is 0 Å². The Balaban J connectivity index is 3.09. The minimum absolute atomic E-state index is 0.438. The SMILES string of the molecule is Cc1c(F)cc(N(F)NC=C(C#N)C#N)c(F)c1F. The molecule has 1 N–H and O–H groups in total. The molecule has 0 spiro atoms. The maximum absolute atomic E-state index is 13.4. The lowest BCUT2D eigenvalue weighted by molar-refractivity contribution is 0.380. The van der Waals surface area contributed by atoms with Crippen LogP contribution < -0.4 is 10.7 Å². The Labute approximate surface area is 105 Å². The van der Waals surface area contributed by atoms with Crippen LogP contribution in [0.1, 0.15) is 5.56 Å². The van der Waals surface area contributed by atoms with Gasteiger partial charge in [0.1, 0.15) is 29.2 Å². The second-order valence-electron chi connectivity index (χ2n) is 3.32. The minimum Gasteiger partial charge on any atom is -0.275 e. The molecule has 19 heavy (non-hydrogen) atoms. The zero-order valence-corrected chi connectivity index (χ0v) is 9.51. The summed E-state index contributed by atoms with van der Waals surface area (Å²) in [6.45, 7) is 0.997. The fourth-order valence-electron chi connectivity index (χ4n) is 1.10. The van der Waals surface area contributed by atoms with Crippen molar-refractivity contribution in [3.05, 3.63) is 40.9 Å². The van der Waals surface area contributed by atoms with E-state index in [0.29, 0.717) is 12.3 Å². The van der Waals surface area contributed by atoms with Crippen LogP contribution in [0.4, 0.5) is 23.3 Å². The molecule has 8 heteroatoms. The third-order valence-corrected chi connectivity index (χ3v) is 2.14. The van der Waals surface area contributed by atoms with Crippen molar-refractivity contribution in [1.82, 2.24) is 5.43 Å². The monoisotopic (exact) mass is 270 g/mol. The van der Waals surface area contributed by atoms with E-state index in [0.717, 1.165) is 6.92 Å². The fourth-order valence-corrected chi connectivity index (χ4v) is 1.10. The van der Waals surface area contributed by atoms with Gasteiger partial charge in [0.2, 0.25) is 0 Å². The van der Waals surface area contributed by atoms with Gasteiger partial charge in [0.25, 0.3) is 0 Å². The van der Waals surface area contributed by atoms with E-state index in [2.05, 4.69) is 0 Å². The topological polar surface area (TPSA) is 62.9 Å². The van der Waals surface area contributed by atoms with Crippen molar-refractivity contribution in [2.75, 3.05) is 5.23 Å². The molecule has 0 atom stereocenters. The molecule has 0 heterocycles. The van der Waals surface area contributed by atoms with Crippen molar-refractivity contribution >= 4 is 5.69 Å². The van der Waals surface area contributed by atoms with Crippen molar-refractivity contribution in [3.8, 4) is 12.1 Å². The van der Waals surface area contributed by atoms with Crippen LogP contribution in [0.5, 0.6) is 0 Å². The van der Waals surface area contributed by atoms with Gasteiger partial charge in [0, 0.05) is 17.8 Å². The third-order valence-electron chi connectivity index (χ3n) is 2.14. The molecule has 0 aromatic heterocycles. The number of nitriles is 2. The van der Waals surface area contributed by atoms with Gasteiger partial charge in [-0.3, -0.25) is 5.43 Å². The van der Waals surface area contributed by atoms with E-state index in [1.54, 1.807) is 5.43 Å². The number of hydrazine groups is 1. The van der Waals surface area contributed by atoms with Crippen molar-refractivity contribution in [1.29, 1.82) is 10.5 Å². The lowest BCUT2D eigenvalue weighted by atomic mass is 10.2. The standard InChI is InChI=1S/C11H6F4N4/c1-6-8(12)2-9(11(14)10(6)13)19(15)18-5-7(3-16)4-17/h2,5,18H,1H3. The van der Waals surface area contributed by atoms with Crippen molar-refractivity contribution in [2.45, 2.75) is 6.92 Å². The van der Waals surface area contributed by atoms with Gasteiger partial charge < -0.3 is 0 Å². The summed E-state index contributed by atoms with van der Waals surface area (Å²) in [7, 11) is 0. The number of anilines is 1. The second kappa shape index (κ2) is 5.74. The molecule has 0 aliphatic carbocycles. The zero-order chi connectivity index (χ0) is 14.6. The molecule has 0 unspecified atom stereocenters. The van der Waals surface area contributed by atoms with E-state index < -0.39 is 39.5 Å². The lowest BCUT2D eigenvalue weighted by Gasteiger charge is -2.15. The van der Waals surface area contributed by atoms with E-state index in [4.69, 9.17) is 10.5 Å². The second-order valence-corrected chi connectivity index (χ2v) is 3.32. The van der Waals surface area contributed by atoms with Gasteiger partial charge in [-0.05, 0) is 6.92 Å². The summed E-state index contributed by atoms with van der Waals surface area (Å²) in [6, 6.07) is 3.25. The minimum atomic E-state index is -1.60. The maximum Gasteiger partial charge on any atom is 0.187 e. The Morgan fingerprint density at radius 3 is 2.37 bits per heavy atom. The largest absolute Gasteiger partial charge is 0.275 e. The molecule has 1 rings (SSSR count). The van der Waals surface area contributed by atoms with Gasteiger partial charge in [0.15, 0.2) is 11.6 Å². The highest BCUT2D eigenvalue weighted by molar-refractivity contribution is 5.48. The summed E-state index contributed by atoms with van der Waals surface area (Å²) in [6.07, 6.45) is 0.620. The number of nitrogens with zero attached hydrogens (tertiary/aromatic N) is 3. The normalized spacial score (nSPS) is 9.21. The fraction of sp³-hybridized carbons (Fsp3) is 0.0909. The van der Waals surface area contributed by atoms with Gasteiger partial charge in [-0.1, -0.05) is 4.48 Å². The molecule has 0 amide bonds. The Kier molecular flexibility index (Phi) is 4.32. The summed E-state index contributed by atoms with van der Waals surface area (Å²) in [5.41, 5.74) is -0.434. The van der Waals surface area contributed by atoms with E-state index >= 15 is 0 Å². The van der Waals surface area contributed by atoms with Gasteiger partial charge in [-0.2, -0.15) is 10.5 Å². The van der Waals surface area contributed by atoms with E-state index in [-0.39, 0.29) is 0 Å². The Morgan fingerprint density at radius 2 is 1.84 bits per heavy atom. The first-order valence-corrected chi connectivity index (χ1v) is 4.79. The highest BCUT2D eigenvalue weighted by Gasteiger charge is 2.20. The zero-order valence-electron chi connectivity index (χ0n) is 9.51. The summed E-state index contributed by atoms with van der Waals surface area (Å²) in [5.74, 6) is -4.26. The molecule has 0 bridgehead atoms. The summed E-state index contributed by atoms with van der Waals surface area (Å²) < 4.78 is 53.1. The molecular weight excluding hydrogens is 264 g/mol. The molecule has 0 saturated carbocycles. The number of halogens is 4. The van der Waals surface area contributed by atoms with E-state index in [1.165, 1.54) is 12.1 Å². The van der Waals surface area contributed by atoms with Gasteiger partial charge >= 0.3 is 0 Å². The smallest absolute Gasteiger partial charge is 0.187 e. The molecule has 0 aliphatic rings. The Hall–Kier alpha value is -2.74. The summed E-state index contributed by atoms with van der Waals surface area (Å²) in [5, 5.41) is 16.2. The van der Waals surface area contributed by atoms with Crippen LogP contribution >= 0.6 is 0 Å². The number of hydrogen-bond acceptors (Lipinski definition) is 4. The lowest BCUT2D eigenvalue weighted by Crippen LogP contribution is -2.27. The first kappa shape index (κ1) is 14.3. The van der Waals surface area contributed by atoms with Crippen LogP contribution in [-0.4, -0.2) is 0 Å². The molecule has 4 nitrogen and oxygen atoms in total. The first-order valence-electron chi connectivity index (χ1n) is 4.79. The molecule has 1 aromatic rings. The van der Waals surface area contributed by atoms with Gasteiger partial charge in [-0.25, -0.2) is 13.2 Å². The molecular formula is C11H6F4N4. The quantitative estimate of drug-likeness (QED) is 0.301. The molecule has 0 aliphatic heterocycles. The van der Waals surface area contributed by atoms with Crippen LogP contribution in [0.3, 0.4) is 0 Å². The Bertz CT molecular complexity index is 597. The van der Waals surface area contributed by atoms with Crippen molar-refractivity contribution in [2.24, 2.45) is 0 Å². The average Bonchev–Trinajstić information content (AvgIpc) is 2.41. The summed E-state index contributed by atoms with van der Waals surface area (Å²) in [4.78, 5) is 0. The number of rotatable bonds is 3. The number of nitrogens with one attached hydrogen (secondary N) is 1. The maximum atomic E-state index is 13.4. The predicted octanol–water partition coefficient (Wildman–Crippen LogP) is 2.54. The average molecular weight is 270 g/mol. The first-order chi connectivity index (χ1) is 8.92. The number of benzene rings is 1.